The number of amides is 2. The van der Waals surface area contributed by atoms with Crippen molar-refractivity contribution in [1.82, 2.24) is 30.2 Å². The van der Waals surface area contributed by atoms with Crippen LogP contribution in [0.15, 0.2) is 49.1 Å². The lowest BCUT2D eigenvalue weighted by atomic mass is 10.0. The maximum absolute atomic E-state index is 14.4. The van der Waals surface area contributed by atoms with E-state index in [4.69, 9.17) is 0 Å². The summed E-state index contributed by atoms with van der Waals surface area (Å²) in [5.41, 5.74) is 3.07. The van der Waals surface area contributed by atoms with Gasteiger partial charge in [0.05, 0.1) is 17.4 Å². The lowest BCUT2D eigenvalue weighted by Crippen LogP contribution is -2.28. The molecule has 3 heterocycles. The number of urea groups is 1. The van der Waals surface area contributed by atoms with E-state index in [1.54, 1.807) is 24.7 Å². The Kier molecular flexibility index (Phi) is 4.63. The van der Waals surface area contributed by atoms with Crippen LogP contribution >= 0.6 is 0 Å². The number of nitrogens with one attached hydrogen (secondary N) is 3. The van der Waals surface area contributed by atoms with Crippen molar-refractivity contribution in [3.63, 3.8) is 0 Å². The third-order valence-electron chi connectivity index (χ3n) is 4.03. The summed E-state index contributed by atoms with van der Waals surface area (Å²) in [5, 5.41) is 5.26. The van der Waals surface area contributed by atoms with Crippen molar-refractivity contribution in [2.75, 3.05) is 11.9 Å². The van der Waals surface area contributed by atoms with E-state index < -0.39 is 5.82 Å². The first-order valence-corrected chi connectivity index (χ1v) is 8.61. The maximum Gasteiger partial charge on any atom is 0.321 e. The van der Waals surface area contributed by atoms with Crippen LogP contribution in [0.25, 0.3) is 33.5 Å². The van der Waals surface area contributed by atoms with Crippen molar-refractivity contribution in [1.29, 1.82) is 0 Å². The van der Waals surface area contributed by atoms with E-state index in [9.17, 15) is 9.18 Å². The predicted molar refractivity (Wildman–Crippen MR) is 103 cm³/mol. The standard InChI is InChI=1S/C19H16FN7O/c1-2-22-19(28)27-18-25-14-9-11(15-10-21-6-7-23-15)8-12(17(14)26-18)16-13(20)4-3-5-24-16/h3-10H,2H2,1H3,(H3,22,25,26,27,28). The van der Waals surface area contributed by atoms with Gasteiger partial charge in [-0.3, -0.25) is 20.3 Å². The second-order valence-corrected chi connectivity index (χ2v) is 5.91. The van der Waals surface area contributed by atoms with Gasteiger partial charge in [0, 0.05) is 36.3 Å². The fraction of sp³-hybridized carbons (Fsp3) is 0.105. The Hall–Kier alpha value is -3.88. The van der Waals surface area contributed by atoms with E-state index in [2.05, 4.69) is 35.6 Å². The number of carbonyl (C=O) groups excluding carboxylic acids is 1. The van der Waals surface area contributed by atoms with E-state index in [0.717, 1.165) is 0 Å². The summed E-state index contributed by atoms with van der Waals surface area (Å²) in [6, 6.07) is 6.05. The molecule has 28 heavy (non-hydrogen) atoms. The van der Waals surface area contributed by atoms with E-state index in [1.165, 1.54) is 18.3 Å². The minimum absolute atomic E-state index is 0.161. The molecule has 2 amide bonds. The van der Waals surface area contributed by atoms with Crippen LogP contribution in [0.3, 0.4) is 0 Å². The molecule has 0 unspecified atom stereocenters. The molecule has 4 aromatic rings. The molecule has 0 aliphatic rings. The van der Waals surface area contributed by atoms with Crippen molar-refractivity contribution in [3.8, 4) is 22.5 Å². The number of nitrogens with zero attached hydrogens (tertiary/aromatic N) is 4. The maximum atomic E-state index is 14.4. The number of anilines is 1. The molecule has 3 N–H and O–H groups in total. The van der Waals surface area contributed by atoms with E-state index in [1.807, 2.05) is 13.0 Å². The fourth-order valence-electron chi connectivity index (χ4n) is 2.85. The summed E-state index contributed by atoms with van der Waals surface area (Å²) < 4.78 is 14.4. The zero-order valence-corrected chi connectivity index (χ0v) is 14.9. The van der Waals surface area contributed by atoms with Crippen molar-refractivity contribution >= 4 is 23.0 Å². The van der Waals surface area contributed by atoms with E-state index in [0.29, 0.717) is 34.4 Å². The first-order valence-electron chi connectivity index (χ1n) is 8.61. The van der Waals surface area contributed by atoms with Gasteiger partial charge in [-0.2, -0.15) is 0 Å². The average Bonchev–Trinajstić information content (AvgIpc) is 3.11. The van der Waals surface area contributed by atoms with Gasteiger partial charge in [0.15, 0.2) is 0 Å². The molecule has 0 aliphatic carbocycles. The molecule has 0 saturated heterocycles. The molecular formula is C19H16FN7O. The Morgan fingerprint density at radius 3 is 2.86 bits per heavy atom. The minimum Gasteiger partial charge on any atom is -0.338 e. The summed E-state index contributed by atoms with van der Waals surface area (Å²) in [4.78, 5) is 31.8. The van der Waals surface area contributed by atoms with Crippen LogP contribution in [-0.2, 0) is 0 Å². The number of hydrogen-bond acceptors (Lipinski definition) is 5. The van der Waals surface area contributed by atoms with Crippen LogP contribution in [-0.4, -0.2) is 37.5 Å². The van der Waals surface area contributed by atoms with Gasteiger partial charge in [0.2, 0.25) is 5.95 Å². The summed E-state index contributed by atoms with van der Waals surface area (Å²) in [5.74, 6) is -0.226. The molecule has 0 radical (unpaired) electrons. The first-order chi connectivity index (χ1) is 13.7. The van der Waals surface area contributed by atoms with E-state index in [-0.39, 0.29) is 17.7 Å². The Bertz CT molecular complexity index is 1140. The highest BCUT2D eigenvalue weighted by Gasteiger charge is 2.17. The predicted octanol–water partition coefficient (Wildman–Crippen LogP) is 3.36. The van der Waals surface area contributed by atoms with Crippen LogP contribution in [0.5, 0.6) is 0 Å². The number of benzene rings is 1. The Morgan fingerprint density at radius 2 is 2.11 bits per heavy atom. The normalized spacial score (nSPS) is 10.8. The minimum atomic E-state index is -0.471. The summed E-state index contributed by atoms with van der Waals surface area (Å²) in [6.45, 7) is 2.29. The van der Waals surface area contributed by atoms with Crippen LogP contribution in [0.1, 0.15) is 6.92 Å². The highest BCUT2D eigenvalue weighted by Crippen LogP contribution is 2.33. The van der Waals surface area contributed by atoms with Crippen molar-refractivity contribution < 1.29 is 9.18 Å². The SMILES string of the molecule is CCNC(=O)Nc1nc2c(-c3ncccc3F)cc(-c3cnccn3)cc2[nH]1. The van der Waals surface area contributed by atoms with Crippen molar-refractivity contribution in [3.05, 3.63) is 54.9 Å². The van der Waals surface area contributed by atoms with Gasteiger partial charge in [0.25, 0.3) is 0 Å². The molecule has 1 aromatic carbocycles. The number of pyridine rings is 1. The molecular weight excluding hydrogens is 361 g/mol. The van der Waals surface area contributed by atoms with E-state index >= 15 is 0 Å². The number of imidazole rings is 1. The molecule has 140 valence electrons. The largest absolute Gasteiger partial charge is 0.338 e. The number of fused-ring (bicyclic) bond motifs is 1. The highest BCUT2D eigenvalue weighted by atomic mass is 19.1. The molecule has 9 heteroatoms. The highest BCUT2D eigenvalue weighted by molar-refractivity contribution is 5.97. The topological polar surface area (TPSA) is 108 Å². The Morgan fingerprint density at radius 1 is 1.21 bits per heavy atom. The van der Waals surface area contributed by atoms with Crippen LogP contribution < -0.4 is 10.6 Å². The smallest absolute Gasteiger partial charge is 0.321 e. The summed E-state index contributed by atoms with van der Waals surface area (Å²) in [7, 11) is 0. The van der Waals surface area contributed by atoms with Gasteiger partial charge in [-0.15, -0.1) is 0 Å². The Labute approximate surface area is 159 Å². The number of rotatable bonds is 4. The molecule has 4 rings (SSSR count). The number of H-pyrrole nitrogens is 1. The third-order valence-corrected chi connectivity index (χ3v) is 4.03. The van der Waals surface area contributed by atoms with Gasteiger partial charge in [-0.1, -0.05) is 0 Å². The fourth-order valence-corrected chi connectivity index (χ4v) is 2.85. The lowest BCUT2D eigenvalue weighted by Gasteiger charge is -2.07. The van der Waals surface area contributed by atoms with Gasteiger partial charge in [-0.05, 0) is 31.2 Å². The zero-order chi connectivity index (χ0) is 19.5. The van der Waals surface area contributed by atoms with Crippen molar-refractivity contribution in [2.24, 2.45) is 0 Å². The summed E-state index contributed by atoms with van der Waals surface area (Å²) >= 11 is 0. The second kappa shape index (κ2) is 7.39. The molecule has 0 aliphatic heterocycles. The number of hydrogen-bond donors (Lipinski definition) is 3. The third kappa shape index (κ3) is 3.37. The molecule has 8 nitrogen and oxygen atoms in total. The number of halogens is 1. The van der Waals surface area contributed by atoms with Gasteiger partial charge >= 0.3 is 6.03 Å². The Balaban J connectivity index is 1.90. The zero-order valence-electron chi connectivity index (χ0n) is 14.9. The van der Waals surface area contributed by atoms with Gasteiger partial charge in [-0.25, -0.2) is 14.2 Å². The van der Waals surface area contributed by atoms with Gasteiger partial charge in [0.1, 0.15) is 17.0 Å². The molecule has 0 atom stereocenters. The van der Waals surface area contributed by atoms with Gasteiger partial charge < -0.3 is 10.3 Å². The average molecular weight is 377 g/mol. The molecule has 0 fully saturated rings. The number of aromatic nitrogens is 5. The van der Waals surface area contributed by atoms with Crippen LogP contribution in [0.4, 0.5) is 15.1 Å². The molecule has 0 saturated carbocycles. The number of carbonyl (C=O) groups is 1. The second-order valence-electron chi connectivity index (χ2n) is 5.91. The monoisotopic (exact) mass is 377 g/mol. The first kappa shape index (κ1) is 17.5. The molecule has 0 bridgehead atoms. The van der Waals surface area contributed by atoms with Crippen molar-refractivity contribution in [2.45, 2.75) is 6.92 Å². The molecule has 0 spiro atoms. The lowest BCUT2D eigenvalue weighted by molar-refractivity contribution is 0.252. The quantitative estimate of drug-likeness (QED) is 0.505. The van der Waals surface area contributed by atoms with Crippen LogP contribution in [0, 0.1) is 5.82 Å². The number of aromatic amines is 1. The molecule has 3 aromatic heterocycles. The summed E-state index contributed by atoms with van der Waals surface area (Å²) in [6.07, 6.45) is 6.28. The van der Waals surface area contributed by atoms with Crippen LogP contribution in [0.2, 0.25) is 0 Å².